The van der Waals surface area contributed by atoms with Gasteiger partial charge in [0.2, 0.25) is 5.91 Å². The lowest BCUT2D eigenvalue weighted by Gasteiger charge is -2.14. The molecule has 1 aromatic heterocycles. The van der Waals surface area contributed by atoms with Crippen LogP contribution in [0.15, 0.2) is 59.4 Å². The average Bonchev–Trinajstić information content (AvgIpc) is 2.62. The van der Waals surface area contributed by atoms with E-state index in [1.807, 2.05) is 37.3 Å². The van der Waals surface area contributed by atoms with Crippen LogP contribution in [-0.4, -0.2) is 20.9 Å². The molecule has 0 saturated heterocycles. The Morgan fingerprint density at radius 2 is 1.83 bits per heavy atom. The lowest BCUT2D eigenvalue weighted by atomic mass is 10.1. The van der Waals surface area contributed by atoms with E-state index >= 15 is 0 Å². The van der Waals surface area contributed by atoms with Crippen LogP contribution in [0.4, 0.5) is 0 Å². The van der Waals surface area contributed by atoms with Gasteiger partial charge < -0.3 is 5.32 Å². The first kappa shape index (κ1) is 15.9. The summed E-state index contributed by atoms with van der Waals surface area (Å²) in [6, 6.07) is 16.7. The molecule has 24 heavy (non-hydrogen) atoms. The Bertz CT molecular complexity index is 906. The van der Waals surface area contributed by atoms with E-state index in [4.69, 9.17) is 0 Å². The molecule has 122 valence electrons. The Morgan fingerprint density at radius 1 is 1.12 bits per heavy atom. The molecule has 6 nitrogen and oxygen atoms in total. The predicted molar refractivity (Wildman–Crippen MR) is 91.4 cm³/mol. The maximum absolute atomic E-state index is 12.3. The van der Waals surface area contributed by atoms with E-state index in [-0.39, 0.29) is 30.5 Å². The molecule has 0 saturated carbocycles. The van der Waals surface area contributed by atoms with Gasteiger partial charge in [-0.3, -0.25) is 9.59 Å². The highest BCUT2D eigenvalue weighted by Crippen LogP contribution is 2.11. The number of hydrogen-bond donors (Lipinski definition) is 1. The molecule has 0 fully saturated rings. The minimum absolute atomic E-state index is 0.0851. The Labute approximate surface area is 139 Å². The molecule has 0 aliphatic rings. The molecule has 6 heteroatoms. The first-order chi connectivity index (χ1) is 11.6. The molecular weight excluding hydrogens is 304 g/mol. The third kappa shape index (κ3) is 3.48. The molecular formula is C18H18N4O2. The molecule has 1 atom stereocenters. The van der Waals surface area contributed by atoms with Crippen LogP contribution in [0, 0.1) is 0 Å². The highest BCUT2D eigenvalue weighted by atomic mass is 16.2. The highest BCUT2D eigenvalue weighted by Gasteiger charge is 2.11. The van der Waals surface area contributed by atoms with E-state index in [0.29, 0.717) is 10.9 Å². The molecule has 0 aliphatic carbocycles. The first-order valence-electron chi connectivity index (χ1n) is 7.82. The third-order valence-electron chi connectivity index (χ3n) is 3.86. The number of nitrogens with zero attached hydrogens (tertiary/aromatic N) is 3. The first-order valence-corrected chi connectivity index (χ1v) is 7.82. The van der Waals surface area contributed by atoms with Gasteiger partial charge >= 0.3 is 0 Å². The molecule has 3 aromatic rings. The maximum atomic E-state index is 12.3. The third-order valence-corrected chi connectivity index (χ3v) is 3.86. The summed E-state index contributed by atoms with van der Waals surface area (Å²) >= 11 is 0. The molecule has 3 rings (SSSR count). The lowest BCUT2D eigenvalue weighted by molar-refractivity contribution is -0.122. The van der Waals surface area contributed by atoms with Gasteiger partial charge in [-0.05, 0) is 24.6 Å². The van der Waals surface area contributed by atoms with E-state index in [2.05, 4.69) is 15.6 Å². The summed E-state index contributed by atoms with van der Waals surface area (Å²) in [7, 11) is 0. The number of nitrogens with one attached hydrogen (secondary N) is 1. The lowest BCUT2D eigenvalue weighted by Crippen LogP contribution is -2.30. The van der Waals surface area contributed by atoms with Crippen LogP contribution in [0.3, 0.4) is 0 Å². The van der Waals surface area contributed by atoms with Crippen molar-refractivity contribution < 1.29 is 4.79 Å². The second-order valence-electron chi connectivity index (χ2n) is 5.58. The van der Waals surface area contributed by atoms with Gasteiger partial charge in [0.05, 0.1) is 18.0 Å². The van der Waals surface area contributed by atoms with Crippen molar-refractivity contribution in [3.8, 4) is 0 Å². The topological polar surface area (TPSA) is 76.9 Å². The van der Waals surface area contributed by atoms with Crippen LogP contribution in [0.25, 0.3) is 10.9 Å². The van der Waals surface area contributed by atoms with Gasteiger partial charge in [0.15, 0.2) is 0 Å². The fourth-order valence-electron chi connectivity index (χ4n) is 2.52. The van der Waals surface area contributed by atoms with Crippen molar-refractivity contribution >= 4 is 16.8 Å². The SMILES string of the molecule is CC(NC(=O)CCn1nnc2ccccc2c1=O)c1ccccc1. The molecule has 1 unspecified atom stereocenters. The number of aryl methyl sites for hydroxylation is 1. The number of rotatable bonds is 5. The zero-order valence-electron chi connectivity index (χ0n) is 13.3. The number of amides is 1. The molecule has 0 radical (unpaired) electrons. The minimum atomic E-state index is -0.232. The van der Waals surface area contributed by atoms with Gasteiger partial charge in [-0.15, -0.1) is 5.10 Å². The Hall–Kier alpha value is -3.02. The Balaban J connectivity index is 1.64. The van der Waals surface area contributed by atoms with Crippen molar-refractivity contribution in [2.24, 2.45) is 0 Å². The summed E-state index contributed by atoms with van der Waals surface area (Å²) < 4.78 is 1.23. The normalized spacial score (nSPS) is 12.0. The second kappa shape index (κ2) is 7.04. The molecule has 0 aliphatic heterocycles. The largest absolute Gasteiger partial charge is 0.350 e. The zero-order valence-corrected chi connectivity index (χ0v) is 13.3. The maximum Gasteiger partial charge on any atom is 0.277 e. The number of benzene rings is 2. The average molecular weight is 322 g/mol. The van der Waals surface area contributed by atoms with Crippen LogP contribution < -0.4 is 10.9 Å². The van der Waals surface area contributed by atoms with Crippen molar-refractivity contribution in [2.45, 2.75) is 25.9 Å². The van der Waals surface area contributed by atoms with Crippen LogP contribution in [0.1, 0.15) is 24.9 Å². The van der Waals surface area contributed by atoms with E-state index in [0.717, 1.165) is 5.56 Å². The smallest absolute Gasteiger partial charge is 0.277 e. The fourth-order valence-corrected chi connectivity index (χ4v) is 2.52. The van der Waals surface area contributed by atoms with E-state index in [1.54, 1.807) is 24.3 Å². The molecule has 1 N–H and O–H groups in total. The van der Waals surface area contributed by atoms with Crippen molar-refractivity contribution in [3.63, 3.8) is 0 Å². The van der Waals surface area contributed by atoms with E-state index in [9.17, 15) is 9.59 Å². The van der Waals surface area contributed by atoms with Crippen LogP contribution in [0.5, 0.6) is 0 Å². The Kier molecular flexibility index (Phi) is 4.65. The highest BCUT2D eigenvalue weighted by molar-refractivity contribution is 5.77. The summed E-state index contributed by atoms with van der Waals surface area (Å²) in [5.41, 5.74) is 1.36. The van der Waals surface area contributed by atoms with Crippen molar-refractivity contribution in [1.29, 1.82) is 0 Å². The standard InChI is InChI=1S/C18H18N4O2/c1-13(14-7-3-2-4-8-14)19-17(23)11-12-22-18(24)15-9-5-6-10-16(15)20-21-22/h2-10,13H,11-12H2,1H3,(H,19,23). The van der Waals surface area contributed by atoms with Crippen molar-refractivity contribution in [1.82, 2.24) is 20.3 Å². The summed E-state index contributed by atoms with van der Waals surface area (Å²) in [6.07, 6.45) is 0.171. The zero-order chi connectivity index (χ0) is 16.9. The molecule has 2 aromatic carbocycles. The van der Waals surface area contributed by atoms with Gasteiger partial charge in [0.25, 0.3) is 5.56 Å². The van der Waals surface area contributed by atoms with Gasteiger partial charge in [-0.25, -0.2) is 4.68 Å². The predicted octanol–water partition coefficient (Wildman–Crippen LogP) is 2.06. The van der Waals surface area contributed by atoms with Gasteiger partial charge in [0, 0.05) is 6.42 Å². The summed E-state index contributed by atoms with van der Waals surface area (Å²) in [4.78, 5) is 24.4. The quantitative estimate of drug-likeness (QED) is 0.780. The Morgan fingerprint density at radius 3 is 2.62 bits per heavy atom. The summed E-state index contributed by atoms with van der Waals surface area (Å²) in [5, 5.41) is 11.3. The minimum Gasteiger partial charge on any atom is -0.350 e. The monoisotopic (exact) mass is 322 g/mol. The van der Waals surface area contributed by atoms with Crippen LogP contribution in [-0.2, 0) is 11.3 Å². The van der Waals surface area contributed by atoms with Gasteiger partial charge in [0.1, 0.15) is 5.52 Å². The van der Waals surface area contributed by atoms with Gasteiger partial charge in [-0.2, -0.15) is 0 Å². The van der Waals surface area contributed by atoms with E-state index < -0.39 is 0 Å². The van der Waals surface area contributed by atoms with Crippen LogP contribution in [0.2, 0.25) is 0 Å². The number of carbonyl (C=O) groups excluding carboxylic acids is 1. The van der Waals surface area contributed by atoms with Crippen molar-refractivity contribution in [2.75, 3.05) is 0 Å². The van der Waals surface area contributed by atoms with Gasteiger partial charge in [-0.1, -0.05) is 47.7 Å². The van der Waals surface area contributed by atoms with Crippen molar-refractivity contribution in [3.05, 3.63) is 70.5 Å². The molecule has 1 amide bonds. The molecule has 1 heterocycles. The van der Waals surface area contributed by atoms with E-state index in [1.165, 1.54) is 4.68 Å². The molecule has 0 spiro atoms. The number of hydrogen-bond acceptors (Lipinski definition) is 4. The molecule has 0 bridgehead atoms. The van der Waals surface area contributed by atoms with Crippen LogP contribution >= 0.6 is 0 Å². The summed E-state index contributed by atoms with van der Waals surface area (Å²) in [6.45, 7) is 2.12. The number of aromatic nitrogens is 3. The summed E-state index contributed by atoms with van der Waals surface area (Å²) in [5.74, 6) is -0.131. The second-order valence-corrected chi connectivity index (χ2v) is 5.58. The number of fused-ring (bicyclic) bond motifs is 1. The number of carbonyl (C=O) groups is 1. The fraction of sp³-hybridized carbons (Fsp3) is 0.222.